The van der Waals surface area contributed by atoms with Gasteiger partial charge in [0, 0.05) is 25.7 Å². The smallest absolute Gasteiger partial charge is 0.462 e. The quantitative estimate of drug-likeness (QED) is 0.0169. The molecule has 3 unspecified atom stereocenters. The summed E-state index contributed by atoms with van der Waals surface area (Å²) >= 11 is 0. The van der Waals surface area contributed by atoms with Gasteiger partial charge in [0.2, 0.25) is 0 Å². The molecule has 19 heteroatoms. The number of carbonyl (C=O) groups excluding carboxylic acids is 4. The van der Waals surface area contributed by atoms with Crippen molar-refractivity contribution in [1.82, 2.24) is 0 Å². The molecule has 0 aliphatic carbocycles. The second-order valence-electron chi connectivity index (χ2n) is 26.0. The molecule has 17 nitrogen and oxygen atoms in total. The second kappa shape index (κ2) is 63.6. The van der Waals surface area contributed by atoms with Crippen LogP contribution in [-0.4, -0.2) is 96.7 Å². The van der Waals surface area contributed by atoms with Gasteiger partial charge in [0.05, 0.1) is 26.4 Å². The van der Waals surface area contributed by atoms with Crippen LogP contribution in [0.4, 0.5) is 0 Å². The summed E-state index contributed by atoms with van der Waals surface area (Å²) in [5.41, 5.74) is 0. The normalized spacial score (nSPS) is 14.6. The maximum atomic E-state index is 13.0. The molecule has 6 atom stereocenters. The van der Waals surface area contributed by atoms with E-state index in [1.165, 1.54) is 148 Å². The summed E-state index contributed by atoms with van der Waals surface area (Å²) in [6.45, 7) is 9.49. The van der Waals surface area contributed by atoms with Crippen molar-refractivity contribution in [3.63, 3.8) is 0 Å². The Morgan fingerprint density at radius 3 is 0.989 bits per heavy atom. The van der Waals surface area contributed by atoms with Gasteiger partial charge in [0.1, 0.15) is 19.3 Å². The van der Waals surface area contributed by atoms with Gasteiger partial charge in [0.25, 0.3) is 0 Å². The molecule has 0 heterocycles. The molecule has 0 saturated heterocycles. The predicted octanol–water partition coefficient (Wildman–Crippen LogP) is 20.3. The number of aliphatic hydroxyl groups excluding tert-OH is 1. The molecule has 0 fully saturated rings. The molecule has 0 spiro atoms. The summed E-state index contributed by atoms with van der Waals surface area (Å²) in [6.07, 6.45) is 52.0. The van der Waals surface area contributed by atoms with E-state index in [0.717, 1.165) is 115 Å². The Morgan fingerprint density at radius 1 is 0.363 bits per heavy atom. The minimum absolute atomic E-state index is 0.0848. The molecule has 0 rings (SSSR count). The molecule has 0 saturated carbocycles. The lowest BCUT2D eigenvalue weighted by atomic mass is 9.99. The summed E-state index contributed by atoms with van der Waals surface area (Å²) in [5.74, 6) is -0.595. The van der Waals surface area contributed by atoms with Gasteiger partial charge < -0.3 is 33.8 Å². The molecule has 0 amide bonds. The standard InChI is InChI=1S/C72H136O17P2/c1-7-10-12-14-16-18-19-20-21-22-23-32-38-44-50-56-71(76)88-68(61-83-70(75)55-49-43-37-31-27-25-30-35-41-47-53-65(6)9-3)63-87-91(80,81)85-59-66(73)58-84-90(78,79)86-62-67(60-82-69(74)54-48-42-36-28-17-15-13-11-8-2)89-72(77)57-51-45-39-33-26-24-29-34-40-46-52-64(4)5/h18-21,64-68,73H,7-17,22-63H2,1-6H3,(H,78,79)(H,80,81)/b19-18-,21-20-/t65?,66-,67+,68+/m0/s1. The van der Waals surface area contributed by atoms with E-state index in [4.69, 9.17) is 37.0 Å². The molecule has 0 radical (unpaired) electrons. The lowest BCUT2D eigenvalue weighted by Gasteiger charge is -2.21. The van der Waals surface area contributed by atoms with E-state index >= 15 is 0 Å². The fourth-order valence-electron chi connectivity index (χ4n) is 10.4. The Balaban J connectivity index is 5.29. The Morgan fingerprint density at radius 2 is 0.648 bits per heavy atom. The van der Waals surface area contributed by atoms with Crippen LogP contribution in [0.3, 0.4) is 0 Å². The Labute approximate surface area is 554 Å². The molecule has 0 aromatic carbocycles. The van der Waals surface area contributed by atoms with Crippen molar-refractivity contribution in [2.24, 2.45) is 11.8 Å². The van der Waals surface area contributed by atoms with Crippen LogP contribution >= 0.6 is 15.6 Å². The van der Waals surface area contributed by atoms with Crippen molar-refractivity contribution in [2.45, 2.75) is 362 Å². The molecule has 0 bridgehead atoms. The van der Waals surface area contributed by atoms with E-state index in [2.05, 4.69) is 65.8 Å². The van der Waals surface area contributed by atoms with Crippen LogP contribution in [0.1, 0.15) is 343 Å². The summed E-state index contributed by atoms with van der Waals surface area (Å²) in [6, 6.07) is 0. The Bertz CT molecular complexity index is 1860. The highest BCUT2D eigenvalue weighted by Crippen LogP contribution is 2.45. The summed E-state index contributed by atoms with van der Waals surface area (Å²) in [4.78, 5) is 72.6. The van der Waals surface area contributed by atoms with E-state index in [9.17, 15) is 43.2 Å². The van der Waals surface area contributed by atoms with Gasteiger partial charge >= 0.3 is 39.5 Å². The third-order valence-electron chi connectivity index (χ3n) is 16.4. The first-order chi connectivity index (χ1) is 43.9. The number of rotatable bonds is 69. The van der Waals surface area contributed by atoms with Crippen molar-refractivity contribution < 1.29 is 80.2 Å². The maximum absolute atomic E-state index is 13.0. The summed E-state index contributed by atoms with van der Waals surface area (Å²) < 4.78 is 68.3. The van der Waals surface area contributed by atoms with Crippen LogP contribution in [0.25, 0.3) is 0 Å². The van der Waals surface area contributed by atoms with E-state index in [1.807, 2.05) is 0 Å². The first kappa shape index (κ1) is 88.5. The van der Waals surface area contributed by atoms with E-state index < -0.39 is 97.5 Å². The van der Waals surface area contributed by atoms with Gasteiger partial charge in [-0.3, -0.25) is 37.3 Å². The van der Waals surface area contributed by atoms with E-state index in [1.54, 1.807) is 0 Å². The Kier molecular flexibility index (Phi) is 61.9. The van der Waals surface area contributed by atoms with Crippen molar-refractivity contribution in [1.29, 1.82) is 0 Å². The highest BCUT2D eigenvalue weighted by molar-refractivity contribution is 7.47. The van der Waals surface area contributed by atoms with Crippen molar-refractivity contribution in [2.75, 3.05) is 39.6 Å². The minimum atomic E-state index is -4.96. The number of hydrogen-bond acceptors (Lipinski definition) is 15. The van der Waals surface area contributed by atoms with Crippen LogP contribution in [0.2, 0.25) is 0 Å². The number of unbranched alkanes of at least 4 members (excludes halogenated alkanes) is 35. The van der Waals surface area contributed by atoms with E-state index in [-0.39, 0.29) is 25.7 Å². The number of phosphoric ester groups is 2. The van der Waals surface area contributed by atoms with Gasteiger partial charge in [0.15, 0.2) is 12.2 Å². The number of aliphatic hydroxyl groups is 1. The lowest BCUT2D eigenvalue weighted by molar-refractivity contribution is -0.161. The van der Waals surface area contributed by atoms with Crippen LogP contribution in [0.5, 0.6) is 0 Å². The van der Waals surface area contributed by atoms with Gasteiger partial charge in [-0.15, -0.1) is 0 Å². The number of carbonyl (C=O) groups is 4. The number of allylic oxidation sites excluding steroid dienone is 4. The average Bonchev–Trinajstić information content (AvgIpc) is 3.69. The predicted molar refractivity (Wildman–Crippen MR) is 367 cm³/mol. The Hall–Kier alpha value is -2.46. The summed E-state index contributed by atoms with van der Waals surface area (Å²) in [5, 5.41) is 10.6. The number of hydrogen-bond donors (Lipinski definition) is 3. The lowest BCUT2D eigenvalue weighted by Crippen LogP contribution is -2.30. The molecule has 0 aliphatic rings. The van der Waals surface area contributed by atoms with Gasteiger partial charge in [-0.2, -0.15) is 0 Å². The van der Waals surface area contributed by atoms with Crippen molar-refractivity contribution in [3.05, 3.63) is 24.3 Å². The van der Waals surface area contributed by atoms with Gasteiger partial charge in [-0.05, 0) is 63.2 Å². The SMILES string of the molecule is CCCCCC/C=C\C=C/CCCCCCCC(=O)O[C@H](COC(=O)CCCCCCCCCCCCC(C)CC)COP(=O)(O)OC[C@@H](O)COP(=O)(O)OC[C@@H](COC(=O)CCCCCCCCCCC)OC(=O)CCCCCCCCCCCCC(C)C. The molecule has 3 N–H and O–H groups in total. The van der Waals surface area contributed by atoms with Crippen molar-refractivity contribution in [3.8, 4) is 0 Å². The number of phosphoric acid groups is 2. The van der Waals surface area contributed by atoms with Crippen LogP contribution < -0.4 is 0 Å². The largest absolute Gasteiger partial charge is 0.472 e. The number of ether oxygens (including phenoxy) is 4. The zero-order valence-electron chi connectivity index (χ0n) is 58.6. The van der Waals surface area contributed by atoms with Crippen LogP contribution in [0, 0.1) is 11.8 Å². The van der Waals surface area contributed by atoms with E-state index in [0.29, 0.717) is 25.7 Å². The summed E-state index contributed by atoms with van der Waals surface area (Å²) in [7, 11) is -9.92. The molecular weight excluding hydrogens is 1200 g/mol. The third kappa shape index (κ3) is 64.6. The fraction of sp³-hybridized carbons (Fsp3) is 0.889. The first-order valence-corrected chi connectivity index (χ1v) is 39.8. The third-order valence-corrected chi connectivity index (χ3v) is 18.3. The molecule has 536 valence electrons. The monoisotopic (exact) mass is 1330 g/mol. The maximum Gasteiger partial charge on any atom is 0.472 e. The van der Waals surface area contributed by atoms with Crippen LogP contribution in [-0.2, 0) is 65.4 Å². The molecule has 91 heavy (non-hydrogen) atoms. The second-order valence-corrected chi connectivity index (χ2v) is 28.9. The van der Waals surface area contributed by atoms with Gasteiger partial charge in [-0.1, -0.05) is 291 Å². The molecule has 0 aliphatic heterocycles. The average molecular weight is 1340 g/mol. The minimum Gasteiger partial charge on any atom is -0.462 e. The number of esters is 4. The topological polar surface area (TPSA) is 237 Å². The molecule has 0 aromatic rings. The zero-order chi connectivity index (χ0) is 67.2. The highest BCUT2D eigenvalue weighted by Gasteiger charge is 2.30. The van der Waals surface area contributed by atoms with Crippen molar-refractivity contribution >= 4 is 39.5 Å². The molecular formula is C72H136O17P2. The zero-order valence-corrected chi connectivity index (χ0v) is 60.4. The van der Waals surface area contributed by atoms with Gasteiger partial charge in [-0.25, -0.2) is 9.13 Å². The fourth-order valence-corrected chi connectivity index (χ4v) is 12.0. The first-order valence-electron chi connectivity index (χ1n) is 36.8. The van der Waals surface area contributed by atoms with Crippen LogP contribution in [0.15, 0.2) is 24.3 Å². The highest BCUT2D eigenvalue weighted by atomic mass is 31.2. The molecule has 0 aromatic heterocycles.